The van der Waals surface area contributed by atoms with Crippen LogP contribution >= 0.6 is 0 Å². The summed E-state index contributed by atoms with van der Waals surface area (Å²) in [6, 6.07) is 5.56. The zero-order valence-electron chi connectivity index (χ0n) is 12.0. The molecule has 0 saturated carbocycles. The highest BCUT2D eigenvalue weighted by Crippen LogP contribution is 2.25. The maximum Gasteiger partial charge on any atom is 0.170 e. The second-order valence-corrected chi connectivity index (χ2v) is 4.42. The monoisotopic (exact) mass is 280 g/mol. The number of carbonyl (C=O) groups is 1. The lowest BCUT2D eigenvalue weighted by Crippen LogP contribution is -1.99. The molecule has 0 amide bonds. The molecule has 1 heterocycles. The first-order valence-electron chi connectivity index (χ1n) is 6.51. The second kappa shape index (κ2) is 6.58. The number of Topliss-reactive ketones (excluding diaryl/α,β-unsaturated/α-hetero) is 1. The molecule has 0 aliphatic rings. The Labute approximate surface area is 123 Å². The molecule has 1 aromatic carbocycles. The minimum absolute atomic E-state index is 0.0509. The smallest absolute Gasteiger partial charge is 0.170 e. The lowest BCUT2D eigenvalue weighted by molar-refractivity contribution is 0.0995. The van der Waals surface area contributed by atoms with Crippen LogP contribution in [0.1, 0.15) is 23.7 Å². The molecule has 2 rings (SSSR count). The van der Waals surface area contributed by atoms with E-state index < -0.39 is 0 Å². The van der Waals surface area contributed by atoms with Crippen LogP contribution in [0.5, 0.6) is 5.75 Å². The average molecular weight is 280 g/mol. The maximum absolute atomic E-state index is 12.4. The van der Waals surface area contributed by atoms with Crippen LogP contribution in [0.3, 0.4) is 0 Å². The van der Waals surface area contributed by atoms with Crippen molar-refractivity contribution in [3.05, 3.63) is 41.7 Å². The highest BCUT2D eigenvalue weighted by molar-refractivity contribution is 6.09. The topological polar surface area (TPSA) is 54.5 Å². The first-order chi connectivity index (χ1) is 10.2. The minimum atomic E-state index is -0.0509. The van der Waals surface area contributed by atoms with Gasteiger partial charge in [0.1, 0.15) is 5.75 Å². The highest BCUT2D eigenvalue weighted by Gasteiger charge is 2.14. The Morgan fingerprint density at radius 1 is 1.52 bits per heavy atom. The van der Waals surface area contributed by atoms with Gasteiger partial charge in [0.15, 0.2) is 5.78 Å². The number of aromatic amines is 1. The molecule has 106 valence electrons. The van der Waals surface area contributed by atoms with Crippen LogP contribution in [-0.2, 0) is 0 Å². The number of H-pyrrole nitrogens is 1. The van der Waals surface area contributed by atoms with Crippen LogP contribution in [0, 0.1) is 12.3 Å². The third-order valence-electron chi connectivity index (χ3n) is 3.11. The molecule has 4 nitrogen and oxygen atoms in total. The molecule has 21 heavy (non-hydrogen) atoms. The fraction of sp³-hybridized carbons (Fsp3) is 0.176. The number of fused-ring (bicyclic) bond motifs is 1. The van der Waals surface area contributed by atoms with Crippen LogP contribution in [0.15, 0.2) is 41.2 Å². The van der Waals surface area contributed by atoms with Gasteiger partial charge in [-0.25, -0.2) is 0 Å². The number of carbonyl (C=O) groups excluding carboxylic acids is 1. The summed E-state index contributed by atoms with van der Waals surface area (Å²) in [5, 5.41) is 0.828. The van der Waals surface area contributed by atoms with Crippen molar-refractivity contribution < 1.29 is 9.53 Å². The largest absolute Gasteiger partial charge is 0.497 e. The van der Waals surface area contributed by atoms with Crippen LogP contribution in [-0.4, -0.2) is 24.1 Å². The number of ether oxygens (including phenoxy) is 1. The minimum Gasteiger partial charge on any atom is -0.497 e. The summed E-state index contributed by atoms with van der Waals surface area (Å²) in [5.41, 5.74) is 2.04. The predicted molar refractivity (Wildman–Crippen MR) is 84.9 cm³/mol. The van der Waals surface area contributed by atoms with Gasteiger partial charge >= 0.3 is 0 Å². The predicted octanol–water partition coefficient (Wildman–Crippen LogP) is 3.36. The molecule has 0 spiro atoms. The third-order valence-corrected chi connectivity index (χ3v) is 3.11. The Morgan fingerprint density at radius 2 is 2.33 bits per heavy atom. The summed E-state index contributed by atoms with van der Waals surface area (Å²) in [5.74, 6) is 3.15. The molecule has 0 aliphatic heterocycles. The molecular formula is C17H16N2O2. The lowest BCUT2D eigenvalue weighted by atomic mass is 10.0. The van der Waals surface area contributed by atoms with E-state index in [0.29, 0.717) is 16.9 Å². The van der Waals surface area contributed by atoms with E-state index in [4.69, 9.17) is 11.2 Å². The Kier molecular flexibility index (Phi) is 4.57. The molecule has 1 N–H and O–H groups in total. The number of aliphatic imine (C=N–C) groups is 1. The van der Waals surface area contributed by atoms with Gasteiger partial charge in [0.2, 0.25) is 0 Å². The molecular weight excluding hydrogens is 264 g/mol. The molecule has 0 radical (unpaired) electrons. The van der Waals surface area contributed by atoms with E-state index in [9.17, 15) is 4.79 Å². The van der Waals surface area contributed by atoms with Crippen LogP contribution in [0.2, 0.25) is 0 Å². The van der Waals surface area contributed by atoms with Gasteiger partial charge in [0.25, 0.3) is 0 Å². The summed E-state index contributed by atoms with van der Waals surface area (Å²) in [4.78, 5) is 19.4. The zero-order chi connectivity index (χ0) is 15.2. The van der Waals surface area contributed by atoms with Crippen LogP contribution in [0.4, 0.5) is 0 Å². The van der Waals surface area contributed by atoms with E-state index in [1.54, 1.807) is 26.4 Å². The number of ketones is 1. The Morgan fingerprint density at radius 3 is 3.00 bits per heavy atom. The van der Waals surface area contributed by atoms with Gasteiger partial charge in [0, 0.05) is 47.1 Å². The number of hydrogen-bond donors (Lipinski definition) is 1. The average Bonchev–Trinajstić information content (AvgIpc) is 2.94. The van der Waals surface area contributed by atoms with Gasteiger partial charge in [0.05, 0.1) is 7.11 Å². The van der Waals surface area contributed by atoms with Gasteiger partial charge < -0.3 is 9.72 Å². The summed E-state index contributed by atoms with van der Waals surface area (Å²) in [6.07, 6.45) is 10.4. The van der Waals surface area contributed by atoms with E-state index >= 15 is 0 Å². The van der Waals surface area contributed by atoms with Gasteiger partial charge in [-0.2, -0.15) is 0 Å². The van der Waals surface area contributed by atoms with Gasteiger partial charge in [-0.15, -0.1) is 6.42 Å². The summed E-state index contributed by atoms with van der Waals surface area (Å²) < 4.78 is 5.19. The molecule has 0 aliphatic carbocycles. The maximum atomic E-state index is 12.4. The Bertz CT molecular complexity index is 761. The first-order valence-corrected chi connectivity index (χ1v) is 6.51. The zero-order valence-corrected chi connectivity index (χ0v) is 12.0. The van der Waals surface area contributed by atoms with Crippen molar-refractivity contribution in [2.45, 2.75) is 13.3 Å². The van der Waals surface area contributed by atoms with Gasteiger partial charge in [-0.05, 0) is 25.1 Å². The highest BCUT2D eigenvalue weighted by atomic mass is 16.5. The molecule has 2 aromatic rings. The SMILES string of the molecule is C#C/C(=C\N=C/C)CC(=O)c1c[nH]c2ccc(OC)cc12. The number of terminal acetylenes is 1. The van der Waals surface area contributed by atoms with Crippen LogP contribution in [0.25, 0.3) is 10.9 Å². The molecule has 1 aromatic heterocycles. The van der Waals surface area contributed by atoms with E-state index in [1.807, 2.05) is 18.2 Å². The molecule has 0 unspecified atom stereocenters. The molecule has 0 bridgehead atoms. The van der Waals surface area contributed by atoms with Crippen molar-refractivity contribution in [1.29, 1.82) is 0 Å². The number of nitrogens with one attached hydrogen (secondary N) is 1. The standard InChI is InChI=1S/C17H16N2O2/c1-4-12(10-18-5-2)8-17(20)15-11-19-16-7-6-13(21-3)9-14(15)16/h1,5-7,9-11,19H,8H2,2-3H3/b12-10+,18-5-. The number of allylic oxidation sites excluding steroid dienone is 1. The number of rotatable bonds is 5. The fourth-order valence-corrected chi connectivity index (χ4v) is 2.02. The van der Waals surface area contributed by atoms with Gasteiger partial charge in [-0.3, -0.25) is 9.79 Å². The Hall–Kier alpha value is -2.80. The molecule has 4 heteroatoms. The van der Waals surface area contributed by atoms with Crippen molar-refractivity contribution in [2.24, 2.45) is 4.99 Å². The number of aromatic nitrogens is 1. The summed E-state index contributed by atoms with van der Waals surface area (Å²) in [6.45, 7) is 1.79. The van der Waals surface area contributed by atoms with Crippen LogP contribution < -0.4 is 4.74 Å². The second-order valence-electron chi connectivity index (χ2n) is 4.42. The van der Waals surface area contributed by atoms with E-state index in [1.165, 1.54) is 6.20 Å². The van der Waals surface area contributed by atoms with E-state index in [0.717, 1.165) is 10.9 Å². The fourth-order valence-electron chi connectivity index (χ4n) is 2.02. The number of benzene rings is 1. The van der Waals surface area contributed by atoms with E-state index in [2.05, 4.69) is 15.9 Å². The van der Waals surface area contributed by atoms with E-state index in [-0.39, 0.29) is 12.2 Å². The quantitative estimate of drug-likeness (QED) is 0.518. The van der Waals surface area contributed by atoms with Crippen molar-refractivity contribution in [3.8, 4) is 18.1 Å². The summed E-state index contributed by atoms with van der Waals surface area (Å²) >= 11 is 0. The van der Waals surface area contributed by atoms with Crippen molar-refractivity contribution in [2.75, 3.05) is 7.11 Å². The van der Waals surface area contributed by atoms with Crippen molar-refractivity contribution >= 4 is 22.9 Å². The number of methoxy groups -OCH3 is 1. The van der Waals surface area contributed by atoms with Crippen molar-refractivity contribution in [1.82, 2.24) is 4.98 Å². The molecule has 0 atom stereocenters. The number of nitrogens with zero attached hydrogens (tertiary/aromatic N) is 1. The Balaban J connectivity index is 2.33. The molecule has 0 saturated heterocycles. The number of hydrogen-bond acceptors (Lipinski definition) is 3. The first kappa shape index (κ1) is 14.6. The summed E-state index contributed by atoms with van der Waals surface area (Å²) in [7, 11) is 1.59. The molecule has 0 fully saturated rings. The normalized spacial score (nSPS) is 11.8. The third kappa shape index (κ3) is 3.21. The lowest BCUT2D eigenvalue weighted by Gasteiger charge is -2.02. The van der Waals surface area contributed by atoms with Crippen molar-refractivity contribution in [3.63, 3.8) is 0 Å². The van der Waals surface area contributed by atoms with Gasteiger partial charge in [-0.1, -0.05) is 5.92 Å².